The number of hydrogen-bond acceptors (Lipinski definition) is 5. The first-order valence-electron chi connectivity index (χ1n) is 10.9. The summed E-state index contributed by atoms with van der Waals surface area (Å²) in [5.74, 6) is 1.01. The average molecular weight is 444 g/mol. The molecule has 2 aromatic rings. The summed E-state index contributed by atoms with van der Waals surface area (Å²) in [6.07, 6.45) is 2.18. The molecule has 1 unspecified atom stereocenters. The number of rotatable bonds is 9. The first-order valence-corrected chi connectivity index (χ1v) is 11.8. The van der Waals surface area contributed by atoms with Gasteiger partial charge in [-0.2, -0.15) is 0 Å². The third-order valence-corrected chi connectivity index (χ3v) is 6.42. The fraction of sp³-hybridized carbons (Fsp3) is 0.522. The monoisotopic (exact) mass is 443 g/mol. The van der Waals surface area contributed by atoms with Gasteiger partial charge >= 0.3 is 0 Å². The Bertz CT molecular complexity index is 898. The molecule has 0 saturated heterocycles. The van der Waals surface area contributed by atoms with E-state index in [1.165, 1.54) is 5.56 Å². The van der Waals surface area contributed by atoms with Crippen molar-refractivity contribution in [3.63, 3.8) is 0 Å². The smallest absolute Gasteiger partial charge is 0.227 e. The van der Waals surface area contributed by atoms with E-state index in [4.69, 9.17) is 9.73 Å². The van der Waals surface area contributed by atoms with E-state index in [2.05, 4.69) is 33.6 Å². The number of fused-ring (bicyclic) bond motifs is 1. The number of amides is 1. The van der Waals surface area contributed by atoms with Gasteiger partial charge in [0.05, 0.1) is 12.2 Å². The number of aromatic nitrogens is 1. The molecular weight excluding hydrogens is 410 g/mol. The summed E-state index contributed by atoms with van der Waals surface area (Å²) in [7, 11) is 3.70. The molecule has 0 saturated carbocycles. The Hall–Kier alpha value is -2.45. The van der Waals surface area contributed by atoms with Crippen LogP contribution in [-0.4, -0.2) is 55.5 Å². The van der Waals surface area contributed by atoms with E-state index >= 15 is 0 Å². The highest BCUT2D eigenvalue weighted by molar-refractivity contribution is 7.09. The van der Waals surface area contributed by atoms with Crippen LogP contribution in [0.5, 0.6) is 0 Å². The second-order valence-corrected chi connectivity index (χ2v) is 8.56. The van der Waals surface area contributed by atoms with Crippen molar-refractivity contribution in [3.8, 4) is 0 Å². The van der Waals surface area contributed by atoms with Gasteiger partial charge in [0.1, 0.15) is 11.1 Å². The highest BCUT2D eigenvalue weighted by Gasteiger charge is 2.23. The van der Waals surface area contributed by atoms with Crippen molar-refractivity contribution < 1.29 is 9.53 Å². The van der Waals surface area contributed by atoms with Crippen LogP contribution in [0.15, 0.2) is 34.6 Å². The molecule has 1 atom stereocenters. The standard InChI is InChI=1S/C23H33N5O2S/c1-5-24-23(27(3)15-19-16-31-22(26-19)17(2)30-4)25-13-8-11-21(29)28-14-12-18-9-6-7-10-20(18)28/h6-7,9-10,16-17H,5,8,11-15H2,1-4H3,(H,24,25). The third kappa shape index (κ3) is 6.04. The predicted octanol–water partition coefficient (Wildman–Crippen LogP) is 3.62. The van der Waals surface area contributed by atoms with E-state index in [-0.39, 0.29) is 12.0 Å². The number of ether oxygens (including phenoxy) is 1. The summed E-state index contributed by atoms with van der Waals surface area (Å²) in [4.78, 5) is 26.0. The van der Waals surface area contributed by atoms with Crippen molar-refractivity contribution in [1.29, 1.82) is 0 Å². The number of anilines is 1. The van der Waals surface area contributed by atoms with Crippen LogP contribution in [-0.2, 0) is 22.5 Å². The molecule has 1 aromatic heterocycles. The molecule has 31 heavy (non-hydrogen) atoms. The van der Waals surface area contributed by atoms with Crippen molar-refractivity contribution in [2.24, 2.45) is 4.99 Å². The lowest BCUT2D eigenvalue weighted by Crippen LogP contribution is -2.38. The molecule has 0 aliphatic carbocycles. The van der Waals surface area contributed by atoms with Crippen LogP contribution in [0.2, 0.25) is 0 Å². The van der Waals surface area contributed by atoms with E-state index < -0.39 is 0 Å². The quantitative estimate of drug-likeness (QED) is 0.364. The first-order chi connectivity index (χ1) is 15.0. The van der Waals surface area contributed by atoms with Crippen LogP contribution < -0.4 is 10.2 Å². The maximum absolute atomic E-state index is 12.7. The normalized spacial score (nSPS) is 14.5. The van der Waals surface area contributed by atoms with Crippen LogP contribution >= 0.6 is 11.3 Å². The second kappa shape index (κ2) is 11.2. The zero-order valence-corrected chi connectivity index (χ0v) is 19.7. The first kappa shape index (κ1) is 23.2. The number of nitrogens with one attached hydrogen (secondary N) is 1. The van der Waals surface area contributed by atoms with Crippen LogP contribution in [0.4, 0.5) is 5.69 Å². The summed E-state index contributed by atoms with van der Waals surface area (Å²) >= 11 is 1.62. The van der Waals surface area contributed by atoms with Gasteiger partial charge in [0.25, 0.3) is 0 Å². The number of carbonyl (C=O) groups is 1. The number of benzene rings is 1. The highest BCUT2D eigenvalue weighted by Crippen LogP contribution is 2.28. The molecule has 1 aromatic carbocycles. The van der Waals surface area contributed by atoms with Crippen molar-refractivity contribution in [1.82, 2.24) is 15.2 Å². The van der Waals surface area contributed by atoms with Gasteiger partial charge in [-0.15, -0.1) is 11.3 Å². The van der Waals surface area contributed by atoms with Gasteiger partial charge < -0.3 is 19.9 Å². The second-order valence-electron chi connectivity index (χ2n) is 7.67. The van der Waals surface area contributed by atoms with E-state index in [0.29, 0.717) is 19.5 Å². The SMILES string of the molecule is CCNC(=NCCCC(=O)N1CCc2ccccc21)N(C)Cc1csc(C(C)OC)n1. The molecule has 2 heterocycles. The molecular formula is C23H33N5O2S. The molecule has 0 bridgehead atoms. The van der Waals surface area contributed by atoms with Gasteiger partial charge in [0.15, 0.2) is 5.96 Å². The van der Waals surface area contributed by atoms with Gasteiger partial charge in [-0.25, -0.2) is 4.98 Å². The van der Waals surface area contributed by atoms with E-state index in [0.717, 1.165) is 48.3 Å². The lowest BCUT2D eigenvalue weighted by Gasteiger charge is -2.21. The zero-order valence-electron chi connectivity index (χ0n) is 18.9. The van der Waals surface area contributed by atoms with Gasteiger partial charge in [0.2, 0.25) is 5.91 Å². The number of thiazole rings is 1. The molecule has 1 N–H and O–H groups in total. The van der Waals surface area contributed by atoms with Crippen LogP contribution in [0.25, 0.3) is 0 Å². The van der Waals surface area contributed by atoms with Gasteiger partial charge in [-0.1, -0.05) is 18.2 Å². The summed E-state index contributed by atoms with van der Waals surface area (Å²) in [5, 5.41) is 6.38. The third-order valence-electron chi connectivity index (χ3n) is 5.37. The fourth-order valence-corrected chi connectivity index (χ4v) is 4.46. The molecule has 0 fully saturated rings. The number of carbonyl (C=O) groups excluding carboxylic acids is 1. The molecule has 1 aliphatic heterocycles. The molecule has 0 radical (unpaired) electrons. The minimum absolute atomic E-state index is 0.00562. The molecule has 3 rings (SSSR count). The number of hydrogen-bond donors (Lipinski definition) is 1. The highest BCUT2D eigenvalue weighted by atomic mass is 32.1. The van der Waals surface area contributed by atoms with Crippen molar-refractivity contribution >= 4 is 28.9 Å². The Morgan fingerprint density at radius 1 is 1.42 bits per heavy atom. The van der Waals surface area contributed by atoms with Gasteiger partial charge in [-0.05, 0) is 38.3 Å². The van der Waals surface area contributed by atoms with Crippen LogP contribution in [0, 0.1) is 0 Å². The Morgan fingerprint density at radius 2 is 2.23 bits per heavy atom. The van der Waals surface area contributed by atoms with Crippen LogP contribution in [0.1, 0.15) is 49.1 Å². The molecule has 0 spiro atoms. The largest absolute Gasteiger partial charge is 0.375 e. The minimum atomic E-state index is 0.00562. The molecule has 7 nitrogen and oxygen atoms in total. The van der Waals surface area contributed by atoms with Gasteiger partial charge in [-0.3, -0.25) is 9.79 Å². The topological polar surface area (TPSA) is 70.1 Å². The maximum Gasteiger partial charge on any atom is 0.227 e. The summed E-state index contributed by atoms with van der Waals surface area (Å²) in [6.45, 7) is 6.90. The number of para-hydroxylation sites is 1. The predicted molar refractivity (Wildman–Crippen MR) is 127 cm³/mol. The van der Waals surface area contributed by atoms with E-state index in [1.807, 2.05) is 37.1 Å². The minimum Gasteiger partial charge on any atom is -0.375 e. The summed E-state index contributed by atoms with van der Waals surface area (Å²) < 4.78 is 5.35. The van der Waals surface area contributed by atoms with Crippen molar-refractivity contribution in [2.45, 2.75) is 45.8 Å². The van der Waals surface area contributed by atoms with Crippen LogP contribution in [0.3, 0.4) is 0 Å². The van der Waals surface area contributed by atoms with Crippen molar-refractivity contribution in [3.05, 3.63) is 45.9 Å². The maximum atomic E-state index is 12.7. The van der Waals surface area contributed by atoms with E-state index in [9.17, 15) is 4.79 Å². The lowest BCUT2D eigenvalue weighted by atomic mass is 10.2. The molecule has 1 amide bonds. The fourth-order valence-electron chi connectivity index (χ4n) is 3.62. The number of aliphatic imine (C=N–C) groups is 1. The van der Waals surface area contributed by atoms with Crippen molar-refractivity contribution in [2.75, 3.05) is 38.7 Å². The molecule has 1 aliphatic rings. The average Bonchev–Trinajstić information content (AvgIpc) is 3.42. The zero-order chi connectivity index (χ0) is 22.2. The van der Waals surface area contributed by atoms with E-state index in [1.54, 1.807) is 18.4 Å². The van der Waals surface area contributed by atoms with Gasteiger partial charge in [0, 0.05) is 51.3 Å². The molecule has 8 heteroatoms. The Kier molecular flexibility index (Phi) is 8.43. The number of guanidine groups is 1. The lowest BCUT2D eigenvalue weighted by molar-refractivity contribution is -0.118. The Morgan fingerprint density at radius 3 is 3.00 bits per heavy atom. The summed E-state index contributed by atoms with van der Waals surface area (Å²) in [6, 6.07) is 8.17. The Labute approximate surface area is 189 Å². The molecule has 168 valence electrons. The number of nitrogens with zero attached hydrogens (tertiary/aromatic N) is 4. The number of methoxy groups -OCH3 is 1. The Balaban J connectivity index is 1.51. The summed E-state index contributed by atoms with van der Waals surface area (Å²) in [5.41, 5.74) is 3.32.